The van der Waals surface area contributed by atoms with Gasteiger partial charge in [-0.2, -0.15) is 12.6 Å². The van der Waals surface area contributed by atoms with Gasteiger partial charge in [-0.3, -0.25) is 4.79 Å². The van der Waals surface area contributed by atoms with Crippen LogP contribution in [0.5, 0.6) is 0 Å². The Hall–Kier alpha value is -0.550. The predicted molar refractivity (Wildman–Crippen MR) is 73.9 cm³/mol. The molecule has 1 saturated heterocycles. The summed E-state index contributed by atoms with van der Waals surface area (Å²) in [5.41, 5.74) is 1.11. The molecule has 5 heteroatoms. The van der Waals surface area contributed by atoms with Gasteiger partial charge in [-0.05, 0) is 0 Å². The van der Waals surface area contributed by atoms with Crippen molar-refractivity contribution in [3.05, 3.63) is 16.1 Å². The lowest BCUT2D eigenvalue weighted by Gasteiger charge is -2.14. The van der Waals surface area contributed by atoms with Crippen molar-refractivity contribution in [1.82, 2.24) is 9.88 Å². The van der Waals surface area contributed by atoms with Gasteiger partial charge >= 0.3 is 0 Å². The molecule has 2 rings (SSSR count). The normalized spacial score (nSPS) is 20.6. The fourth-order valence-electron chi connectivity index (χ4n) is 1.92. The number of rotatable bonds is 4. The van der Waals surface area contributed by atoms with Crippen molar-refractivity contribution in [2.75, 3.05) is 13.1 Å². The van der Waals surface area contributed by atoms with Crippen LogP contribution in [0.2, 0.25) is 0 Å². The first kappa shape index (κ1) is 12.9. The number of hydrogen-bond donors (Lipinski definition) is 1. The summed E-state index contributed by atoms with van der Waals surface area (Å²) in [6.07, 6.45) is 1.44. The molecular formula is C12H18N2OS2. The molecule has 0 saturated carbocycles. The summed E-state index contributed by atoms with van der Waals surface area (Å²) in [7, 11) is 0. The van der Waals surface area contributed by atoms with Gasteiger partial charge in [0.05, 0.1) is 10.7 Å². The maximum atomic E-state index is 11.6. The van der Waals surface area contributed by atoms with Crippen molar-refractivity contribution in [2.45, 2.75) is 37.9 Å². The van der Waals surface area contributed by atoms with E-state index in [0.29, 0.717) is 12.3 Å². The van der Waals surface area contributed by atoms with E-state index in [1.165, 1.54) is 5.01 Å². The second-order valence-electron chi connectivity index (χ2n) is 4.78. The lowest BCUT2D eigenvalue weighted by Crippen LogP contribution is -2.27. The Balaban J connectivity index is 1.87. The van der Waals surface area contributed by atoms with Crippen molar-refractivity contribution in [1.29, 1.82) is 0 Å². The third-order valence-electron chi connectivity index (χ3n) is 2.90. The van der Waals surface area contributed by atoms with Gasteiger partial charge in [0.15, 0.2) is 0 Å². The minimum atomic E-state index is 0.212. The Bertz CT molecular complexity index is 403. The Labute approximate surface area is 112 Å². The van der Waals surface area contributed by atoms with Crippen LogP contribution in [0.25, 0.3) is 0 Å². The van der Waals surface area contributed by atoms with Gasteiger partial charge in [-0.15, -0.1) is 11.3 Å². The van der Waals surface area contributed by atoms with Gasteiger partial charge in [-0.1, -0.05) is 13.8 Å². The average Bonchev–Trinajstić information content (AvgIpc) is 2.82. The molecule has 1 unspecified atom stereocenters. The highest BCUT2D eigenvalue weighted by atomic mass is 32.1. The number of amides is 1. The third-order valence-corrected chi connectivity index (χ3v) is 4.44. The molecule has 94 valence electrons. The van der Waals surface area contributed by atoms with Crippen molar-refractivity contribution in [2.24, 2.45) is 0 Å². The first-order chi connectivity index (χ1) is 8.06. The van der Waals surface area contributed by atoms with E-state index in [2.05, 4.69) is 36.8 Å². The van der Waals surface area contributed by atoms with E-state index in [0.717, 1.165) is 25.2 Å². The van der Waals surface area contributed by atoms with Crippen LogP contribution in [0.4, 0.5) is 0 Å². The number of thiol groups is 1. The molecule has 1 atom stereocenters. The summed E-state index contributed by atoms with van der Waals surface area (Å²) in [6, 6.07) is 0. The molecule has 0 aromatic carbocycles. The summed E-state index contributed by atoms with van der Waals surface area (Å²) in [4.78, 5) is 18.0. The zero-order valence-corrected chi connectivity index (χ0v) is 11.9. The molecule has 0 radical (unpaired) electrons. The molecule has 1 aliphatic rings. The van der Waals surface area contributed by atoms with E-state index in [1.807, 2.05) is 4.90 Å². The van der Waals surface area contributed by atoms with E-state index >= 15 is 0 Å². The minimum absolute atomic E-state index is 0.212. The van der Waals surface area contributed by atoms with Crippen LogP contribution < -0.4 is 0 Å². The number of carbonyl (C=O) groups is 1. The molecule has 1 aromatic heterocycles. The molecule has 0 N–H and O–H groups in total. The first-order valence-corrected chi connectivity index (χ1v) is 7.36. The molecule has 1 fully saturated rings. The molecule has 1 amide bonds. The fraction of sp³-hybridized carbons (Fsp3) is 0.667. The van der Waals surface area contributed by atoms with Crippen LogP contribution in [0, 0.1) is 0 Å². The monoisotopic (exact) mass is 270 g/mol. The van der Waals surface area contributed by atoms with Crippen LogP contribution >= 0.6 is 24.0 Å². The molecule has 0 spiro atoms. The molecule has 1 aromatic rings. The maximum absolute atomic E-state index is 11.6. The quantitative estimate of drug-likeness (QED) is 0.852. The highest BCUT2D eigenvalue weighted by molar-refractivity contribution is 7.81. The Morgan fingerprint density at radius 2 is 2.41 bits per heavy atom. The van der Waals surface area contributed by atoms with E-state index in [1.54, 1.807) is 11.3 Å². The molecule has 3 nitrogen and oxygen atoms in total. The van der Waals surface area contributed by atoms with Crippen molar-refractivity contribution in [3.63, 3.8) is 0 Å². The van der Waals surface area contributed by atoms with Gasteiger partial charge in [0.25, 0.3) is 0 Å². The zero-order chi connectivity index (χ0) is 12.4. The van der Waals surface area contributed by atoms with E-state index in [9.17, 15) is 4.79 Å². The lowest BCUT2D eigenvalue weighted by molar-refractivity contribution is -0.127. The van der Waals surface area contributed by atoms with Crippen LogP contribution in [0.15, 0.2) is 5.38 Å². The highest BCUT2D eigenvalue weighted by Gasteiger charge is 2.26. The number of aromatic nitrogens is 1. The number of carbonyl (C=O) groups excluding carboxylic acids is 1. The molecule has 0 bridgehead atoms. The van der Waals surface area contributed by atoms with Crippen molar-refractivity contribution >= 4 is 29.9 Å². The van der Waals surface area contributed by atoms with E-state index in [4.69, 9.17) is 0 Å². The Morgan fingerprint density at radius 1 is 1.65 bits per heavy atom. The number of nitrogens with zero attached hydrogens (tertiary/aromatic N) is 2. The van der Waals surface area contributed by atoms with Crippen LogP contribution in [0.1, 0.15) is 36.9 Å². The highest BCUT2D eigenvalue weighted by Crippen LogP contribution is 2.20. The third kappa shape index (κ3) is 3.22. The number of likely N-dealkylation sites (tertiary alicyclic amines) is 1. The summed E-state index contributed by atoms with van der Waals surface area (Å²) in [5.74, 6) is 0.716. The Morgan fingerprint density at radius 3 is 2.94 bits per heavy atom. The van der Waals surface area contributed by atoms with Crippen molar-refractivity contribution in [3.8, 4) is 0 Å². The van der Waals surface area contributed by atoms with E-state index in [-0.39, 0.29) is 11.2 Å². The van der Waals surface area contributed by atoms with Gasteiger partial charge < -0.3 is 4.90 Å². The van der Waals surface area contributed by atoms with Crippen LogP contribution in [-0.4, -0.2) is 34.1 Å². The molecular weight excluding hydrogens is 252 g/mol. The van der Waals surface area contributed by atoms with Crippen LogP contribution in [-0.2, 0) is 11.2 Å². The van der Waals surface area contributed by atoms with Gasteiger partial charge in [-0.25, -0.2) is 4.98 Å². The molecule has 2 heterocycles. The van der Waals surface area contributed by atoms with Crippen LogP contribution in [0.3, 0.4) is 0 Å². The van der Waals surface area contributed by atoms with Gasteiger partial charge in [0.1, 0.15) is 0 Å². The SMILES string of the molecule is CC(C)c1nc(CCN2CC(S)CC2=O)cs1. The van der Waals surface area contributed by atoms with Gasteiger partial charge in [0, 0.05) is 42.5 Å². The summed E-state index contributed by atoms with van der Waals surface area (Å²) in [6.45, 7) is 5.86. The Kier molecular flexibility index (Phi) is 4.09. The molecule has 1 aliphatic heterocycles. The second kappa shape index (κ2) is 5.40. The first-order valence-electron chi connectivity index (χ1n) is 5.96. The summed E-state index contributed by atoms with van der Waals surface area (Å²) in [5, 5.41) is 3.50. The second-order valence-corrected chi connectivity index (χ2v) is 6.40. The summed E-state index contributed by atoms with van der Waals surface area (Å²) < 4.78 is 0. The topological polar surface area (TPSA) is 33.2 Å². The fourth-order valence-corrected chi connectivity index (χ4v) is 3.14. The molecule has 0 aliphatic carbocycles. The largest absolute Gasteiger partial charge is 0.341 e. The maximum Gasteiger partial charge on any atom is 0.223 e. The smallest absolute Gasteiger partial charge is 0.223 e. The summed E-state index contributed by atoms with van der Waals surface area (Å²) >= 11 is 6.06. The standard InChI is InChI=1S/C12H18N2OS2/c1-8(2)12-13-9(7-17-12)3-4-14-6-10(16)5-11(14)15/h7-8,10,16H,3-6H2,1-2H3. The van der Waals surface area contributed by atoms with Gasteiger partial charge in [0.2, 0.25) is 5.91 Å². The number of thiazole rings is 1. The van der Waals surface area contributed by atoms with Crippen molar-refractivity contribution < 1.29 is 4.79 Å². The predicted octanol–water partition coefficient (Wildman–Crippen LogP) is 2.34. The van der Waals surface area contributed by atoms with E-state index < -0.39 is 0 Å². The number of hydrogen-bond acceptors (Lipinski definition) is 4. The minimum Gasteiger partial charge on any atom is -0.341 e. The average molecular weight is 270 g/mol. The molecule has 17 heavy (non-hydrogen) atoms. The lowest BCUT2D eigenvalue weighted by atomic mass is 10.2. The zero-order valence-electron chi connectivity index (χ0n) is 10.2.